The molecule has 380 valence electrons. The average molecular weight is 995 g/mol. The van der Waals surface area contributed by atoms with Gasteiger partial charge >= 0.3 is 54.6 Å². The first-order chi connectivity index (χ1) is 31.9. The van der Waals surface area contributed by atoms with Gasteiger partial charge in [-0.05, 0) is 49.8 Å². The summed E-state index contributed by atoms with van der Waals surface area (Å²) in [6, 6.07) is 17.0. The molecule has 0 bridgehead atoms. The van der Waals surface area contributed by atoms with Crippen LogP contribution in [0.4, 0.5) is 17.6 Å². The van der Waals surface area contributed by atoms with Crippen LogP contribution < -0.4 is 18.9 Å². The second-order valence-corrected chi connectivity index (χ2v) is 17.8. The molecule has 2 saturated carbocycles. The summed E-state index contributed by atoms with van der Waals surface area (Å²) in [5.74, 6) is -11.9. The van der Waals surface area contributed by atoms with Gasteiger partial charge in [-0.1, -0.05) is 76.6 Å². The zero-order valence-corrected chi connectivity index (χ0v) is 39.9. The van der Waals surface area contributed by atoms with Crippen molar-refractivity contribution < 1.29 is 100.0 Å². The van der Waals surface area contributed by atoms with E-state index in [0.29, 0.717) is 36.8 Å². The summed E-state index contributed by atoms with van der Waals surface area (Å²) in [4.78, 5) is 95.6. The quantitative estimate of drug-likeness (QED) is 0.0347. The zero-order valence-electron chi connectivity index (χ0n) is 40.0. The predicted molar refractivity (Wildman–Crippen MR) is 245 cm³/mol. The number of carbonyl (C=O) groups is 7. The second-order valence-electron chi connectivity index (χ2n) is 15.9. The Morgan fingerprint density at radius 2 is 1.16 bits per heavy atom. The van der Waals surface area contributed by atoms with Crippen LogP contribution in [-0.4, -0.2) is 110 Å². The SMILES string of the molecule is C.CCCCC(F)(F)C(=O)/C=C/[C@H]1C(OC(=O)c2ccccc2)CC2OC(=O)CC21.CCCCC(F)(F)C(=O)CP(C)OC.CO.O=C[C@H]1C(OC(=O)c2ccccc2)CC2OC(=O)CC21.O=O.[H-].[Li+]. The molecule has 6 rings (SSSR count). The van der Waals surface area contributed by atoms with Crippen molar-refractivity contribution in [2.75, 3.05) is 27.0 Å². The van der Waals surface area contributed by atoms with Crippen molar-refractivity contribution in [2.24, 2.45) is 23.7 Å². The van der Waals surface area contributed by atoms with Crippen LogP contribution in [0.5, 0.6) is 0 Å². The summed E-state index contributed by atoms with van der Waals surface area (Å²) < 4.78 is 80.4. The summed E-state index contributed by atoms with van der Waals surface area (Å²) >= 11 is 0. The molecule has 2 aliphatic heterocycles. The third-order valence-corrected chi connectivity index (χ3v) is 12.8. The molecule has 15 nitrogen and oxygen atoms in total. The van der Waals surface area contributed by atoms with E-state index in [0.717, 1.165) is 19.5 Å². The number of aliphatic hydroxyl groups excluding tert-OH is 1. The van der Waals surface area contributed by atoms with Crippen molar-refractivity contribution in [2.45, 2.75) is 122 Å². The molecule has 0 radical (unpaired) electrons. The molecular formula is C48H64F4LiO15P. The molecule has 4 aliphatic rings. The molecule has 0 aromatic heterocycles. The number of rotatable bonds is 18. The van der Waals surface area contributed by atoms with E-state index < -0.39 is 80.1 Å². The van der Waals surface area contributed by atoms with Crippen molar-refractivity contribution in [3.05, 3.63) is 93.9 Å². The van der Waals surface area contributed by atoms with Gasteiger partial charge in [0.1, 0.15) is 30.7 Å². The van der Waals surface area contributed by atoms with Crippen LogP contribution in [0.3, 0.4) is 0 Å². The number of hydrogen-bond donors (Lipinski definition) is 1. The van der Waals surface area contributed by atoms with E-state index in [1.165, 1.54) is 13.2 Å². The van der Waals surface area contributed by atoms with Crippen LogP contribution in [0.1, 0.15) is 108 Å². The summed E-state index contributed by atoms with van der Waals surface area (Å²) in [5.41, 5.74) is 0.817. The minimum absolute atomic E-state index is 0. The average Bonchev–Trinajstić information content (AvgIpc) is 4.06. The van der Waals surface area contributed by atoms with E-state index in [1.807, 2.05) is 13.0 Å². The Balaban J connectivity index is 0. The third kappa shape index (κ3) is 19.6. The molecule has 1 N–H and O–H groups in total. The first kappa shape index (κ1) is 64.3. The van der Waals surface area contributed by atoms with Crippen molar-refractivity contribution in [1.29, 1.82) is 0 Å². The minimum Gasteiger partial charge on any atom is -1.00 e. The standard InChI is InChI=1S/C22H24F2O5.C15H14O5.C9H17F2O2P.CH4O.CH4.Li.O2.H/c1-2-3-11-22(23,24)19(25)10-9-15-16-12-20(26)28-18(16)13-17(15)29-21(27)14-7-5-4-6-8-14;16-8-11-10-6-14(17)19-12(10)7-13(11)20-15(18)9-4-2-1-3-5-9;1-4-5-6-9(10,11)8(12)7-14(3)13-2;1-2;;;1-2;/h4-10,15-18H,2-3,11-13H2,1H3;1-5,8,10-13H,6-7H2;4-7H2,1-3H3;2H,1H3;1H4;;;/q;;;;;+1;;-1/b10-9+;;;;;;;/t15-,16?,17?,18?;10?,11-,12?,13?;;;;;;/m11....../s1. The van der Waals surface area contributed by atoms with Crippen LogP contribution >= 0.6 is 8.15 Å². The molecule has 2 aliphatic carbocycles. The monoisotopic (exact) mass is 994 g/mol. The van der Waals surface area contributed by atoms with Crippen LogP contribution in [0.25, 0.3) is 0 Å². The van der Waals surface area contributed by atoms with E-state index in [9.17, 15) is 51.1 Å². The van der Waals surface area contributed by atoms with Gasteiger partial charge in [0, 0.05) is 75.7 Å². The fraction of sp³-hybridized carbons (Fsp3) is 0.562. The Morgan fingerprint density at radius 1 is 0.754 bits per heavy atom. The maximum atomic E-state index is 14.0. The first-order valence-corrected chi connectivity index (χ1v) is 23.6. The van der Waals surface area contributed by atoms with E-state index in [1.54, 1.807) is 68.2 Å². The molecule has 0 amide bonds. The van der Waals surface area contributed by atoms with Crippen molar-refractivity contribution in [3.8, 4) is 0 Å². The van der Waals surface area contributed by atoms with Crippen LogP contribution in [0.15, 0.2) is 72.8 Å². The molecule has 2 saturated heterocycles. The Hall–Kier alpha value is -4.66. The molecule has 2 heterocycles. The van der Waals surface area contributed by atoms with Gasteiger partial charge in [0.15, 0.2) is 0 Å². The topological polar surface area (TPSA) is 220 Å². The number of ether oxygens (including phenoxy) is 4. The summed E-state index contributed by atoms with van der Waals surface area (Å²) in [7, 11) is 1.41. The van der Waals surface area contributed by atoms with Gasteiger partial charge in [0.25, 0.3) is 0 Å². The number of aliphatic hydroxyl groups is 1. The van der Waals surface area contributed by atoms with Gasteiger partial charge in [-0.2, -0.15) is 17.6 Å². The maximum Gasteiger partial charge on any atom is 1.00 e. The van der Waals surface area contributed by atoms with Gasteiger partial charge in [-0.25, -0.2) is 9.59 Å². The summed E-state index contributed by atoms with van der Waals surface area (Å²) in [6.07, 6.45) is 3.00. The number of ketones is 2. The van der Waals surface area contributed by atoms with Crippen LogP contribution in [0.2, 0.25) is 0 Å². The number of Topliss-reactive ketones (excluding diaryl/α,β-unsaturated/α-hetero) is 1. The van der Waals surface area contributed by atoms with E-state index in [4.69, 9.17) is 38.5 Å². The van der Waals surface area contributed by atoms with Gasteiger partial charge in [0.2, 0.25) is 11.6 Å². The number of carbonyl (C=O) groups excluding carboxylic acids is 7. The molecule has 21 heteroatoms. The predicted octanol–water partition coefficient (Wildman–Crippen LogP) is 5.96. The number of esters is 4. The van der Waals surface area contributed by atoms with Crippen LogP contribution in [0, 0.1) is 33.6 Å². The molecule has 7 unspecified atom stereocenters. The van der Waals surface area contributed by atoms with Gasteiger partial charge in [-0.15, -0.1) is 0 Å². The maximum absolute atomic E-state index is 14.0. The van der Waals surface area contributed by atoms with E-state index in [2.05, 4.69) is 0 Å². The van der Waals surface area contributed by atoms with E-state index in [-0.39, 0.29) is 95.9 Å². The Labute approximate surface area is 414 Å². The molecule has 2 aromatic rings. The van der Waals surface area contributed by atoms with Crippen molar-refractivity contribution >= 4 is 49.9 Å². The Bertz CT molecular complexity index is 1950. The number of benzene rings is 2. The number of allylic oxidation sites excluding steroid dienone is 1. The molecular weight excluding hydrogens is 930 g/mol. The molecule has 0 spiro atoms. The second kappa shape index (κ2) is 32.3. The molecule has 2 aromatic carbocycles. The van der Waals surface area contributed by atoms with Gasteiger partial charge in [-0.3, -0.25) is 19.2 Å². The third-order valence-electron chi connectivity index (χ3n) is 11.4. The molecule has 4 fully saturated rings. The normalized spacial score (nSPS) is 23.2. The summed E-state index contributed by atoms with van der Waals surface area (Å²) in [6.45, 7) is 5.27. The smallest absolute Gasteiger partial charge is 1.00 e. The van der Waals surface area contributed by atoms with Crippen LogP contribution in [-0.2, 0) is 47.4 Å². The molecule has 69 heavy (non-hydrogen) atoms. The molecule has 9 atom stereocenters. The minimum atomic E-state index is -3.43. The number of halogens is 4. The number of alkyl halides is 4. The number of fused-ring (bicyclic) bond motifs is 2. The Morgan fingerprint density at radius 3 is 1.57 bits per heavy atom. The number of hydrogen-bond acceptors (Lipinski definition) is 15. The zero-order chi connectivity index (χ0) is 50.3. The fourth-order valence-electron chi connectivity index (χ4n) is 7.82. The number of unbranched alkanes of at least 4 members (excludes halogenated alkanes) is 2. The van der Waals surface area contributed by atoms with Crippen molar-refractivity contribution in [3.63, 3.8) is 0 Å². The van der Waals surface area contributed by atoms with E-state index >= 15 is 0 Å². The number of aldehydes is 1. The van der Waals surface area contributed by atoms with Crippen molar-refractivity contribution in [1.82, 2.24) is 0 Å². The largest absolute Gasteiger partial charge is 1.00 e. The first-order valence-electron chi connectivity index (χ1n) is 21.7. The van der Waals surface area contributed by atoms with Gasteiger partial charge < -0.3 is 34.8 Å². The van der Waals surface area contributed by atoms with Gasteiger partial charge in [0.05, 0.1) is 36.0 Å². The summed E-state index contributed by atoms with van der Waals surface area (Å²) in [5, 5.41) is 7.00. The fourth-order valence-corrected chi connectivity index (χ4v) is 8.59. The Kier molecular flexibility index (Phi) is 30.1.